The summed E-state index contributed by atoms with van der Waals surface area (Å²) in [6.07, 6.45) is 1.95. The second kappa shape index (κ2) is 5.97. The molecule has 1 rings (SSSR count). The van der Waals surface area contributed by atoms with Crippen molar-refractivity contribution in [3.8, 4) is 0 Å². The van der Waals surface area contributed by atoms with Gasteiger partial charge in [0.25, 0.3) is 0 Å². The number of nitrogens with zero attached hydrogens (tertiary/aromatic N) is 1. The maximum absolute atomic E-state index is 10.6. The van der Waals surface area contributed by atoms with Gasteiger partial charge in [0, 0.05) is 13.1 Å². The summed E-state index contributed by atoms with van der Waals surface area (Å²) in [6, 6.07) is 0. The molecule has 0 spiro atoms. The Balaban J connectivity index is 2.11. The van der Waals surface area contributed by atoms with E-state index in [0.29, 0.717) is 0 Å². The smallest absolute Gasteiger partial charge is 0.327 e. The fraction of sp³-hybridized carbons (Fsp3) is 1.00. The molecule has 5 nitrogen and oxygen atoms in total. The van der Waals surface area contributed by atoms with Gasteiger partial charge >= 0.3 is 7.60 Å². The Hall–Kier alpha value is 0.0700. The van der Waals surface area contributed by atoms with E-state index in [1.165, 1.54) is 0 Å². The van der Waals surface area contributed by atoms with Gasteiger partial charge in [-0.05, 0) is 19.4 Å². The lowest BCUT2D eigenvalue weighted by atomic mass is 10.1. The van der Waals surface area contributed by atoms with Gasteiger partial charge in [0.2, 0.25) is 0 Å². The van der Waals surface area contributed by atoms with Crippen LogP contribution in [0.5, 0.6) is 0 Å². The highest BCUT2D eigenvalue weighted by Gasteiger charge is 2.20. The Morgan fingerprint density at radius 3 is 2.47 bits per heavy atom. The van der Waals surface area contributed by atoms with E-state index in [0.717, 1.165) is 32.5 Å². The molecule has 0 saturated carbocycles. The minimum absolute atomic E-state index is 0.166. The molecule has 6 heteroatoms. The van der Waals surface area contributed by atoms with Crippen LogP contribution in [-0.4, -0.2) is 53.2 Å². The minimum atomic E-state index is -3.89. The van der Waals surface area contributed by atoms with Gasteiger partial charge in [-0.3, -0.25) is 4.57 Å². The van der Waals surface area contributed by atoms with Crippen LogP contribution in [0.4, 0.5) is 0 Å². The lowest BCUT2D eigenvalue weighted by Gasteiger charge is -2.30. The zero-order valence-electron chi connectivity index (χ0n) is 9.13. The van der Waals surface area contributed by atoms with E-state index < -0.39 is 7.60 Å². The second-order valence-corrected chi connectivity index (χ2v) is 5.67. The molecule has 0 amide bonds. The topological polar surface area (TPSA) is 70.0 Å². The second-order valence-electron chi connectivity index (χ2n) is 3.89. The Bertz CT molecular complexity index is 222. The average molecular weight is 237 g/mol. The van der Waals surface area contributed by atoms with Gasteiger partial charge in [0.05, 0.1) is 18.9 Å². The maximum Gasteiger partial charge on any atom is 0.327 e. The van der Waals surface area contributed by atoms with Crippen LogP contribution < -0.4 is 0 Å². The number of piperidine rings is 1. The first-order valence-electron chi connectivity index (χ1n) is 5.40. The summed E-state index contributed by atoms with van der Waals surface area (Å²) < 4.78 is 16.0. The van der Waals surface area contributed by atoms with E-state index >= 15 is 0 Å². The van der Waals surface area contributed by atoms with Crippen molar-refractivity contribution < 1.29 is 19.1 Å². The van der Waals surface area contributed by atoms with E-state index in [2.05, 4.69) is 11.8 Å². The van der Waals surface area contributed by atoms with Crippen LogP contribution >= 0.6 is 7.60 Å². The Morgan fingerprint density at radius 2 is 2.00 bits per heavy atom. The molecule has 1 aliphatic heterocycles. The molecule has 1 saturated heterocycles. The van der Waals surface area contributed by atoms with E-state index in [-0.39, 0.29) is 18.9 Å². The maximum atomic E-state index is 10.6. The van der Waals surface area contributed by atoms with Crippen LogP contribution in [0, 0.1) is 0 Å². The van der Waals surface area contributed by atoms with Crippen molar-refractivity contribution in [2.45, 2.75) is 25.9 Å². The number of rotatable bonds is 5. The molecule has 0 aromatic rings. The summed E-state index contributed by atoms with van der Waals surface area (Å²) in [7, 11) is -3.89. The van der Waals surface area contributed by atoms with Crippen molar-refractivity contribution in [1.82, 2.24) is 4.90 Å². The largest absolute Gasteiger partial charge is 0.377 e. The SMILES string of the molecule is CCN1CCC(OCCP(=O)(O)O)CC1. The molecule has 0 unspecified atom stereocenters. The fourth-order valence-electron chi connectivity index (χ4n) is 1.73. The van der Waals surface area contributed by atoms with Crippen LogP contribution in [0.25, 0.3) is 0 Å². The molecule has 1 heterocycles. The first-order valence-corrected chi connectivity index (χ1v) is 7.19. The van der Waals surface area contributed by atoms with Crippen LogP contribution in [-0.2, 0) is 9.30 Å². The summed E-state index contributed by atoms with van der Waals surface area (Å²) >= 11 is 0. The number of hydrogen-bond donors (Lipinski definition) is 2. The molecule has 0 aromatic carbocycles. The molecule has 15 heavy (non-hydrogen) atoms. The zero-order valence-corrected chi connectivity index (χ0v) is 10.0. The van der Waals surface area contributed by atoms with Crippen molar-refractivity contribution in [3.05, 3.63) is 0 Å². The van der Waals surface area contributed by atoms with Crippen LogP contribution in [0.1, 0.15) is 19.8 Å². The third-order valence-electron chi connectivity index (χ3n) is 2.72. The molecular weight excluding hydrogens is 217 g/mol. The molecule has 0 atom stereocenters. The first-order chi connectivity index (χ1) is 7.01. The molecule has 0 radical (unpaired) electrons. The Labute approximate surface area is 90.6 Å². The Morgan fingerprint density at radius 1 is 1.40 bits per heavy atom. The van der Waals surface area contributed by atoms with E-state index in [1.807, 2.05) is 0 Å². The third kappa shape index (κ3) is 5.64. The number of ether oxygens (including phenoxy) is 1. The predicted octanol–water partition coefficient (Wildman–Crippen LogP) is 0.665. The van der Waals surface area contributed by atoms with Crippen LogP contribution in [0.3, 0.4) is 0 Å². The predicted molar refractivity (Wildman–Crippen MR) is 58.0 cm³/mol. The highest BCUT2D eigenvalue weighted by Crippen LogP contribution is 2.33. The zero-order chi connectivity index (χ0) is 11.3. The van der Waals surface area contributed by atoms with Gasteiger partial charge < -0.3 is 19.4 Å². The van der Waals surface area contributed by atoms with Gasteiger partial charge in [0.1, 0.15) is 0 Å². The number of hydrogen-bond acceptors (Lipinski definition) is 3. The molecular formula is C9H20NO4P. The van der Waals surface area contributed by atoms with Gasteiger partial charge in [-0.1, -0.05) is 6.92 Å². The van der Waals surface area contributed by atoms with Crippen molar-refractivity contribution in [2.24, 2.45) is 0 Å². The van der Waals surface area contributed by atoms with Crippen molar-refractivity contribution in [2.75, 3.05) is 32.4 Å². The molecule has 1 fully saturated rings. The molecule has 2 N–H and O–H groups in total. The van der Waals surface area contributed by atoms with Crippen molar-refractivity contribution in [1.29, 1.82) is 0 Å². The summed E-state index contributed by atoms with van der Waals surface area (Å²) in [5.74, 6) is 0. The van der Waals surface area contributed by atoms with Crippen molar-refractivity contribution in [3.63, 3.8) is 0 Å². The summed E-state index contributed by atoms with van der Waals surface area (Å²) in [6.45, 7) is 5.42. The lowest BCUT2D eigenvalue weighted by Crippen LogP contribution is -2.37. The normalized spacial score (nSPS) is 20.7. The van der Waals surface area contributed by atoms with Gasteiger partial charge in [-0.25, -0.2) is 0 Å². The van der Waals surface area contributed by atoms with Crippen LogP contribution in [0.15, 0.2) is 0 Å². The standard InChI is InChI=1S/C9H20NO4P/c1-2-10-5-3-9(4-6-10)14-7-8-15(11,12)13/h9H,2-8H2,1H3,(H2,11,12,13). The molecule has 1 aliphatic rings. The third-order valence-corrected chi connectivity index (χ3v) is 3.48. The van der Waals surface area contributed by atoms with Crippen molar-refractivity contribution >= 4 is 7.60 Å². The molecule has 0 bridgehead atoms. The highest BCUT2D eigenvalue weighted by molar-refractivity contribution is 7.51. The van der Waals surface area contributed by atoms with Gasteiger partial charge in [-0.15, -0.1) is 0 Å². The number of likely N-dealkylation sites (tertiary alicyclic amines) is 1. The first kappa shape index (κ1) is 13.1. The van der Waals surface area contributed by atoms with Gasteiger partial charge in [0.15, 0.2) is 0 Å². The van der Waals surface area contributed by atoms with E-state index in [9.17, 15) is 4.57 Å². The Kier molecular flexibility index (Phi) is 5.23. The summed E-state index contributed by atoms with van der Waals surface area (Å²) in [5, 5.41) is 0. The fourth-order valence-corrected chi connectivity index (χ4v) is 2.07. The lowest BCUT2D eigenvalue weighted by molar-refractivity contribution is 0.0152. The monoisotopic (exact) mass is 237 g/mol. The molecule has 0 aliphatic carbocycles. The quantitative estimate of drug-likeness (QED) is 0.687. The summed E-state index contributed by atoms with van der Waals surface area (Å²) in [5.41, 5.74) is 0. The summed E-state index contributed by atoms with van der Waals surface area (Å²) in [4.78, 5) is 19.7. The minimum Gasteiger partial charge on any atom is -0.377 e. The molecule has 0 aromatic heterocycles. The van der Waals surface area contributed by atoms with E-state index in [4.69, 9.17) is 14.5 Å². The van der Waals surface area contributed by atoms with Crippen LogP contribution in [0.2, 0.25) is 0 Å². The van der Waals surface area contributed by atoms with Gasteiger partial charge in [-0.2, -0.15) is 0 Å². The molecule has 90 valence electrons. The average Bonchev–Trinajstić information content (AvgIpc) is 2.17. The highest BCUT2D eigenvalue weighted by atomic mass is 31.2. The van der Waals surface area contributed by atoms with E-state index in [1.54, 1.807) is 0 Å².